The van der Waals surface area contributed by atoms with Gasteiger partial charge in [-0.25, -0.2) is 0 Å². The Morgan fingerprint density at radius 1 is 1.10 bits per heavy atom. The molecule has 106 valence electrons. The Hall–Kier alpha value is -2.69. The number of anilines is 1. The lowest BCUT2D eigenvalue weighted by Crippen LogP contribution is -2.23. The van der Waals surface area contributed by atoms with Crippen molar-refractivity contribution in [1.82, 2.24) is 4.90 Å². The highest BCUT2D eigenvalue weighted by Crippen LogP contribution is 2.33. The molecule has 0 unspecified atom stereocenters. The fourth-order valence-electron chi connectivity index (χ4n) is 2.77. The van der Waals surface area contributed by atoms with Crippen LogP contribution in [0.3, 0.4) is 0 Å². The summed E-state index contributed by atoms with van der Waals surface area (Å²) < 4.78 is 10.7. The molecule has 4 rings (SSSR count). The summed E-state index contributed by atoms with van der Waals surface area (Å²) in [4.78, 5) is 14.2. The normalized spacial score (nSPS) is 15.4. The molecule has 0 saturated carbocycles. The van der Waals surface area contributed by atoms with E-state index in [9.17, 15) is 4.79 Å². The van der Waals surface area contributed by atoms with Gasteiger partial charge in [0.1, 0.15) is 0 Å². The van der Waals surface area contributed by atoms with Crippen molar-refractivity contribution in [1.29, 1.82) is 0 Å². The van der Waals surface area contributed by atoms with Crippen LogP contribution in [0, 0.1) is 0 Å². The van der Waals surface area contributed by atoms with Crippen LogP contribution in [-0.2, 0) is 13.1 Å². The van der Waals surface area contributed by atoms with Gasteiger partial charge in [0, 0.05) is 24.3 Å². The summed E-state index contributed by atoms with van der Waals surface area (Å²) in [6.45, 7) is 1.42. The zero-order chi connectivity index (χ0) is 14.4. The average Bonchev–Trinajstić information content (AvgIpc) is 3.05. The third-order valence-corrected chi connectivity index (χ3v) is 3.82. The number of nitrogens with two attached hydrogens (primary N) is 1. The molecule has 0 radical (unpaired) electrons. The lowest BCUT2D eigenvalue weighted by Gasteiger charge is -2.15. The Kier molecular flexibility index (Phi) is 2.54. The SMILES string of the molecule is Nc1ccc2c(c1)C(=O)N(Cc1ccc3c(c1)OCO3)C2. The molecule has 2 aliphatic heterocycles. The van der Waals surface area contributed by atoms with E-state index < -0.39 is 0 Å². The first-order chi connectivity index (χ1) is 10.2. The lowest BCUT2D eigenvalue weighted by molar-refractivity contribution is 0.0766. The number of benzene rings is 2. The maximum atomic E-state index is 12.4. The maximum Gasteiger partial charge on any atom is 0.254 e. The number of hydrogen-bond acceptors (Lipinski definition) is 4. The third kappa shape index (κ3) is 1.98. The summed E-state index contributed by atoms with van der Waals surface area (Å²) >= 11 is 0. The van der Waals surface area contributed by atoms with E-state index >= 15 is 0 Å². The Balaban J connectivity index is 1.58. The zero-order valence-electron chi connectivity index (χ0n) is 11.3. The minimum absolute atomic E-state index is 0.0231. The molecule has 2 heterocycles. The van der Waals surface area contributed by atoms with Crippen molar-refractivity contribution in [3.8, 4) is 11.5 Å². The number of ether oxygens (including phenoxy) is 2. The molecule has 2 aromatic carbocycles. The largest absolute Gasteiger partial charge is 0.454 e. The quantitative estimate of drug-likeness (QED) is 0.857. The van der Waals surface area contributed by atoms with E-state index in [-0.39, 0.29) is 12.7 Å². The van der Waals surface area contributed by atoms with Crippen LogP contribution in [0.2, 0.25) is 0 Å². The molecule has 2 aromatic rings. The molecule has 21 heavy (non-hydrogen) atoms. The summed E-state index contributed by atoms with van der Waals surface area (Å²) in [5.74, 6) is 1.51. The second kappa shape index (κ2) is 4.41. The number of fused-ring (bicyclic) bond motifs is 2. The predicted molar refractivity (Wildman–Crippen MR) is 77.0 cm³/mol. The van der Waals surface area contributed by atoms with Gasteiger partial charge in [0.05, 0.1) is 0 Å². The van der Waals surface area contributed by atoms with E-state index in [1.54, 1.807) is 6.07 Å². The van der Waals surface area contributed by atoms with E-state index in [4.69, 9.17) is 15.2 Å². The number of carbonyl (C=O) groups excluding carboxylic acids is 1. The van der Waals surface area contributed by atoms with Gasteiger partial charge < -0.3 is 20.1 Å². The second-order valence-electron chi connectivity index (χ2n) is 5.27. The fourth-order valence-corrected chi connectivity index (χ4v) is 2.77. The van der Waals surface area contributed by atoms with Gasteiger partial charge in [-0.3, -0.25) is 4.79 Å². The highest BCUT2D eigenvalue weighted by molar-refractivity contribution is 5.99. The monoisotopic (exact) mass is 282 g/mol. The van der Waals surface area contributed by atoms with Gasteiger partial charge >= 0.3 is 0 Å². The molecule has 0 fully saturated rings. The predicted octanol–water partition coefficient (Wildman–Crippen LogP) is 2.15. The number of amides is 1. The first-order valence-corrected chi connectivity index (χ1v) is 6.77. The molecule has 2 aliphatic rings. The Morgan fingerprint density at radius 3 is 2.86 bits per heavy atom. The average molecular weight is 282 g/mol. The van der Waals surface area contributed by atoms with Gasteiger partial charge in [0.15, 0.2) is 11.5 Å². The molecule has 1 amide bonds. The smallest absolute Gasteiger partial charge is 0.254 e. The lowest BCUT2D eigenvalue weighted by atomic mass is 10.1. The van der Waals surface area contributed by atoms with Crippen molar-refractivity contribution in [2.75, 3.05) is 12.5 Å². The van der Waals surface area contributed by atoms with Crippen LogP contribution in [0.1, 0.15) is 21.5 Å². The summed E-state index contributed by atoms with van der Waals surface area (Å²) in [5, 5.41) is 0. The number of carbonyl (C=O) groups is 1. The van der Waals surface area contributed by atoms with E-state index in [1.165, 1.54) is 0 Å². The van der Waals surface area contributed by atoms with Gasteiger partial charge in [-0.15, -0.1) is 0 Å². The highest BCUT2D eigenvalue weighted by atomic mass is 16.7. The van der Waals surface area contributed by atoms with Gasteiger partial charge in [-0.05, 0) is 35.4 Å². The number of rotatable bonds is 2. The summed E-state index contributed by atoms with van der Waals surface area (Å²) in [5.41, 5.74) is 9.12. The van der Waals surface area contributed by atoms with Crippen LogP contribution in [0.5, 0.6) is 11.5 Å². The standard InChI is InChI=1S/C16H14N2O3/c17-12-3-2-11-8-18(16(19)13(11)6-12)7-10-1-4-14-15(5-10)21-9-20-14/h1-6H,7-9,17H2. The number of hydrogen-bond donors (Lipinski definition) is 1. The van der Waals surface area contributed by atoms with Crippen molar-refractivity contribution >= 4 is 11.6 Å². The van der Waals surface area contributed by atoms with Crippen LogP contribution in [0.4, 0.5) is 5.69 Å². The minimum Gasteiger partial charge on any atom is -0.454 e. The van der Waals surface area contributed by atoms with Gasteiger partial charge in [0.2, 0.25) is 6.79 Å². The molecule has 0 spiro atoms. The van der Waals surface area contributed by atoms with Gasteiger partial charge in [0.25, 0.3) is 5.91 Å². The summed E-state index contributed by atoms with van der Waals surface area (Å²) in [6.07, 6.45) is 0. The summed E-state index contributed by atoms with van der Waals surface area (Å²) in [7, 11) is 0. The Bertz CT molecular complexity index is 742. The topological polar surface area (TPSA) is 64.8 Å². The Morgan fingerprint density at radius 2 is 1.95 bits per heavy atom. The molecule has 5 heteroatoms. The minimum atomic E-state index is 0.0231. The molecular weight excluding hydrogens is 268 g/mol. The van der Waals surface area contributed by atoms with Gasteiger partial charge in [-0.1, -0.05) is 12.1 Å². The first-order valence-electron chi connectivity index (χ1n) is 6.77. The molecular formula is C16H14N2O3. The maximum absolute atomic E-state index is 12.4. The van der Waals surface area contributed by atoms with E-state index in [0.29, 0.717) is 24.3 Å². The molecule has 0 aliphatic carbocycles. The molecule has 0 bridgehead atoms. The first kappa shape index (κ1) is 12.1. The molecule has 0 aromatic heterocycles. The number of nitrogen functional groups attached to an aromatic ring is 1. The zero-order valence-corrected chi connectivity index (χ0v) is 11.3. The molecule has 2 N–H and O–H groups in total. The van der Waals surface area contributed by atoms with Crippen LogP contribution < -0.4 is 15.2 Å². The molecule has 5 nitrogen and oxygen atoms in total. The van der Waals surface area contributed by atoms with Crippen molar-refractivity contribution < 1.29 is 14.3 Å². The van der Waals surface area contributed by atoms with Gasteiger partial charge in [-0.2, -0.15) is 0 Å². The van der Waals surface area contributed by atoms with Crippen molar-refractivity contribution in [3.05, 3.63) is 53.1 Å². The third-order valence-electron chi connectivity index (χ3n) is 3.82. The molecule has 0 atom stereocenters. The van der Waals surface area contributed by atoms with Crippen molar-refractivity contribution in [2.24, 2.45) is 0 Å². The van der Waals surface area contributed by atoms with Crippen molar-refractivity contribution in [3.63, 3.8) is 0 Å². The van der Waals surface area contributed by atoms with Crippen LogP contribution in [-0.4, -0.2) is 17.6 Å². The second-order valence-corrected chi connectivity index (χ2v) is 5.27. The van der Waals surface area contributed by atoms with Crippen molar-refractivity contribution in [2.45, 2.75) is 13.1 Å². The van der Waals surface area contributed by atoms with Crippen LogP contribution in [0.25, 0.3) is 0 Å². The van der Waals surface area contributed by atoms with E-state index in [1.807, 2.05) is 35.2 Å². The Labute approximate surface area is 121 Å². The van der Waals surface area contributed by atoms with Crippen LogP contribution in [0.15, 0.2) is 36.4 Å². The van der Waals surface area contributed by atoms with E-state index in [0.717, 1.165) is 22.6 Å². The van der Waals surface area contributed by atoms with E-state index in [2.05, 4.69) is 0 Å². The number of nitrogens with zero attached hydrogens (tertiary/aromatic N) is 1. The molecule has 0 saturated heterocycles. The highest BCUT2D eigenvalue weighted by Gasteiger charge is 2.27. The fraction of sp³-hybridized carbons (Fsp3) is 0.188. The van der Waals surface area contributed by atoms with Crippen LogP contribution >= 0.6 is 0 Å². The summed E-state index contributed by atoms with van der Waals surface area (Å²) in [6, 6.07) is 11.3.